The monoisotopic (exact) mass is 1930 g/mol. The molecule has 0 radical (unpaired) electrons. The molecule has 0 saturated carbocycles. The lowest BCUT2D eigenvalue weighted by Gasteiger charge is -2.32. The van der Waals surface area contributed by atoms with E-state index in [2.05, 4.69) is 20.1 Å². The van der Waals surface area contributed by atoms with E-state index >= 15 is 0 Å². The van der Waals surface area contributed by atoms with E-state index in [1.54, 1.807) is 74.9 Å². The third kappa shape index (κ3) is 79.0. The maximum absolute atomic E-state index is 13.7. The lowest BCUT2D eigenvalue weighted by atomic mass is 9.83. The number of likely N-dealkylation sites (N-methyl/N-ethyl adjacent to an activating group) is 1. The number of benzene rings is 2. The van der Waals surface area contributed by atoms with Crippen molar-refractivity contribution in [3.05, 3.63) is 96.6 Å². The van der Waals surface area contributed by atoms with Crippen molar-refractivity contribution in [1.29, 1.82) is 0 Å². The van der Waals surface area contributed by atoms with Crippen molar-refractivity contribution in [3.8, 4) is 0 Å². The minimum atomic E-state index is -1.21. The van der Waals surface area contributed by atoms with Crippen LogP contribution in [-0.4, -0.2) is 362 Å². The van der Waals surface area contributed by atoms with Gasteiger partial charge in [0.25, 0.3) is 0 Å². The Balaban J connectivity index is 0. The number of thiocarbonyl (C=S) groups is 2. The molecule has 0 aliphatic carbocycles. The summed E-state index contributed by atoms with van der Waals surface area (Å²) < 4.78 is 118. The fourth-order valence-electron chi connectivity index (χ4n) is 10.6. The van der Waals surface area contributed by atoms with Crippen LogP contribution in [0.15, 0.2) is 85.5 Å². The van der Waals surface area contributed by atoms with Gasteiger partial charge < -0.3 is 114 Å². The van der Waals surface area contributed by atoms with Crippen molar-refractivity contribution < 1.29 is 133 Å². The maximum atomic E-state index is 13.7. The zero-order chi connectivity index (χ0) is 94.7. The number of thioether (sulfide) groups is 4. The Bertz CT molecular complexity index is 2980. The molecular weight excluding hydrogens is 1770 g/mol. The third-order valence-corrected chi connectivity index (χ3v) is 22.8. The van der Waals surface area contributed by atoms with Gasteiger partial charge in [0, 0.05) is 53.9 Å². The zero-order valence-corrected chi connectivity index (χ0v) is 83.9. The smallest absolute Gasteiger partial charge is 0.333 e. The van der Waals surface area contributed by atoms with E-state index in [0.717, 1.165) is 26.2 Å². The van der Waals surface area contributed by atoms with Crippen molar-refractivity contribution >= 4 is 114 Å². The standard InChI is InChI=1S/C41H69NO14S3.C23H44O11.C23H36O2S3.C5H9NO/c1-7-55-38(44)36(34-12-10-9-11-13-34)32-35(37(43)42(4)5)33-41(3,59-40(57)58-8-2)39(45)56-31-30-54-29-28-53-27-26-52-25-24-51-23-22-50-21-20-49-19-18-48-17-16-47-15-14-46-6;1-22(2)23(24)34-21-20-33-19-18-32-17-16-31-15-14-30-13-12-29-11-10-28-9-8-27-7-6-26-5-4-25-3;1-3-5-6-7-8-9-10-11-12-16-19-27-23(26)28-21(22(24)25-4-2)20-17-14-13-15-18-20;1-4-5(7)6(2)3/h9-13,35-36H,7-8,14-33H2,1-6H3;1,4-21H2,2-3H3;13-15,17-18,21H,3-12,16,19H2,1-2H3;4H,1H2,2-3H3. The first-order valence-corrected chi connectivity index (χ1v) is 49.0. The van der Waals surface area contributed by atoms with Crippen LogP contribution in [0.4, 0.5) is 0 Å². The summed E-state index contributed by atoms with van der Waals surface area (Å²) in [5.74, 6) is -1.46. The molecule has 0 saturated heterocycles. The molecule has 36 heteroatoms. The fraction of sp³-hybridized carbons (Fsp3) is 0.739. The largest absolute Gasteiger partial charge is 0.466 e. The summed E-state index contributed by atoms with van der Waals surface area (Å²) >= 11 is 16.9. The van der Waals surface area contributed by atoms with Gasteiger partial charge in [0.1, 0.15) is 30.3 Å². The number of esters is 4. The minimum Gasteiger partial charge on any atom is -0.466 e. The third-order valence-electron chi connectivity index (χ3n) is 17.2. The Morgan fingerprint density at radius 2 is 0.742 bits per heavy atom. The first kappa shape index (κ1) is 126. The highest BCUT2D eigenvalue weighted by Crippen LogP contribution is 2.41. The van der Waals surface area contributed by atoms with Crippen molar-refractivity contribution in [1.82, 2.24) is 9.80 Å². The van der Waals surface area contributed by atoms with Crippen LogP contribution in [0.3, 0.4) is 0 Å². The number of amides is 2. The number of unbranched alkanes of at least 4 members (excludes halogenated alkanes) is 9. The van der Waals surface area contributed by atoms with Gasteiger partial charge >= 0.3 is 23.9 Å². The van der Waals surface area contributed by atoms with E-state index in [-0.39, 0.29) is 62.3 Å². The van der Waals surface area contributed by atoms with Crippen LogP contribution in [0, 0.1) is 5.92 Å². The van der Waals surface area contributed by atoms with E-state index < -0.39 is 34.5 Å². The highest BCUT2D eigenvalue weighted by atomic mass is 32.2. The van der Waals surface area contributed by atoms with Gasteiger partial charge in [-0.2, -0.15) is 0 Å². The number of nitrogens with zero attached hydrogens (tertiary/aromatic N) is 2. The van der Waals surface area contributed by atoms with Crippen LogP contribution in [-0.2, 0) is 133 Å². The summed E-state index contributed by atoms with van der Waals surface area (Å²) in [6.45, 7) is 34.9. The van der Waals surface area contributed by atoms with Crippen molar-refractivity contribution in [2.45, 2.75) is 135 Å². The summed E-state index contributed by atoms with van der Waals surface area (Å²) in [7, 11) is 9.96. The second-order valence-electron chi connectivity index (χ2n) is 28.3. The van der Waals surface area contributed by atoms with Gasteiger partial charge in [-0.1, -0.05) is 193 Å². The molecule has 128 heavy (non-hydrogen) atoms. The number of carbonyl (C=O) groups excluding carboxylic acids is 6. The summed E-state index contributed by atoms with van der Waals surface area (Å²) in [4.78, 5) is 77.2. The first-order valence-electron chi connectivity index (χ1n) is 44.5. The molecule has 4 unspecified atom stereocenters. The van der Waals surface area contributed by atoms with Crippen LogP contribution in [0.2, 0.25) is 0 Å². The van der Waals surface area contributed by atoms with E-state index in [0.29, 0.717) is 234 Å². The topological polar surface area (TPSA) is 312 Å². The van der Waals surface area contributed by atoms with Gasteiger partial charge in [-0.15, -0.1) is 23.5 Å². The number of carbonyl (C=O) groups is 6. The number of ether oxygens (including phenoxy) is 22. The molecule has 0 spiro atoms. The van der Waals surface area contributed by atoms with E-state index in [1.165, 1.54) is 115 Å². The van der Waals surface area contributed by atoms with E-state index in [4.69, 9.17) is 129 Å². The molecule has 2 rings (SSSR count). The van der Waals surface area contributed by atoms with Gasteiger partial charge in [0.05, 0.1) is 244 Å². The SMILES string of the molecule is C=C(C)C(=O)OCCOCCOCCOCCOCCOCCOCCOCCOCCOC.C=CC(=O)N(C)C.CCCCCCCCCCCCSC(=S)SC(C(=O)OCC)c1ccccc1.CCOC(=O)C(CC(CC(C)(SC(=S)SCC)C(=O)OCCOCCOCCOCCOCCOCCOCCOCCOCCOC)C(=O)N(C)C)c1ccccc1. The fourth-order valence-corrected chi connectivity index (χ4v) is 16.2. The molecule has 0 aliphatic heterocycles. The predicted octanol–water partition coefficient (Wildman–Crippen LogP) is 13.8. The highest BCUT2D eigenvalue weighted by molar-refractivity contribution is 8.48. The van der Waals surface area contributed by atoms with Crippen LogP contribution < -0.4 is 0 Å². The molecule has 0 aliphatic rings. The second-order valence-corrected chi connectivity index (χ2v) is 35.7. The van der Waals surface area contributed by atoms with Crippen molar-refractivity contribution in [2.75, 3.05) is 305 Å². The van der Waals surface area contributed by atoms with Gasteiger partial charge in [0.15, 0.2) is 0 Å². The van der Waals surface area contributed by atoms with Crippen LogP contribution >= 0.6 is 71.5 Å². The number of rotatable bonds is 82. The van der Waals surface area contributed by atoms with Gasteiger partial charge in [0.2, 0.25) is 11.8 Å². The van der Waals surface area contributed by atoms with Crippen molar-refractivity contribution in [3.63, 3.8) is 0 Å². The number of hydrogen-bond donors (Lipinski definition) is 0. The Morgan fingerprint density at radius 3 is 1.05 bits per heavy atom. The molecule has 0 N–H and O–H groups in total. The van der Waals surface area contributed by atoms with Gasteiger partial charge in [-0.05, 0) is 75.7 Å². The Morgan fingerprint density at radius 1 is 0.414 bits per heavy atom. The molecular formula is C92H158N2O28S6. The molecule has 30 nitrogen and oxygen atoms in total. The zero-order valence-electron chi connectivity index (χ0n) is 79.0. The average Bonchev–Trinajstić information content (AvgIpc) is 0.804. The predicted molar refractivity (Wildman–Crippen MR) is 517 cm³/mol. The summed E-state index contributed by atoms with van der Waals surface area (Å²) in [5, 5.41) is -0.367. The molecule has 2 aromatic rings. The average molecular weight is 1930 g/mol. The summed E-state index contributed by atoms with van der Waals surface area (Å²) in [6.07, 6.45) is 14.9. The molecule has 2 amide bonds. The molecule has 0 heterocycles. The minimum absolute atomic E-state index is 0.00880. The lowest BCUT2D eigenvalue weighted by molar-refractivity contribution is -0.149. The Hall–Kier alpha value is -4.40. The first-order chi connectivity index (χ1) is 62.1. The molecule has 0 aromatic heterocycles. The van der Waals surface area contributed by atoms with Gasteiger partial charge in [-0.25, -0.2) is 4.79 Å². The Labute approximate surface area is 794 Å². The normalized spacial score (nSPS) is 12.2. The van der Waals surface area contributed by atoms with Crippen LogP contribution in [0.1, 0.15) is 141 Å². The van der Waals surface area contributed by atoms with Gasteiger partial charge in [-0.3, -0.25) is 24.0 Å². The summed E-state index contributed by atoms with van der Waals surface area (Å²) in [5.41, 5.74) is 2.06. The molecule has 0 fully saturated rings. The maximum Gasteiger partial charge on any atom is 0.333 e. The second kappa shape index (κ2) is 94.4. The van der Waals surface area contributed by atoms with Crippen molar-refractivity contribution in [2.24, 2.45) is 5.92 Å². The number of methoxy groups -OCH3 is 2. The quantitative estimate of drug-likeness (QED) is 0.0195. The molecule has 4 atom stereocenters. The van der Waals surface area contributed by atoms with E-state index in [1.807, 2.05) is 74.5 Å². The van der Waals surface area contributed by atoms with Crippen LogP contribution in [0.25, 0.3) is 0 Å². The lowest BCUT2D eigenvalue weighted by Crippen LogP contribution is -2.42. The molecule has 2 aromatic carbocycles. The Kier molecular flexibility index (Phi) is 92.6. The molecule has 740 valence electrons. The molecule has 0 bridgehead atoms. The van der Waals surface area contributed by atoms with Crippen LogP contribution in [0.5, 0.6) is 0 Å². The highest BCUT2D eigenvalue weighted by Gasteiger charge is 2.43. The van der Waals surface area contributed by atoms with E-state index in [9.17, 15) is 28.8 Å². The number of hydrogen-bond acceptors (Lipinski definition) is 34. The summed E-state index contributed by atoms with van der Waals surface area (Å²) in [6, 6.07) is 19.0.